The van der Waals surface area contributed by atoms with E-state index in [9.17, 15) is 13.2 Å². The van der Waals surface area contributed by atoms with Gasteiger partial charge in [0.2, 0.25) is 5.88 Å². The number of hydrazine groups is 1. The molecule has 0 fully saturated rings. The molecule has 1 aromatic heterocycles. The molecule has 0 aliphatic carbocycles. The molecule has 4 nitrogen and oxygen atoms in total. The highest BCUT2D eigenvalue weighted by atomic mass is 19.4. The molecule has 2 heterocycles. The van der Waals surface area contributed by atoms with Gasteiger partial charge in [0.05, 0.1) is 0 Å². The summed E-state index contributed by atoms with van der Waals surface area (Å²) in [7, 11) is 0. The van der Waals surface area contributed by atoms with E-state index in [0.717, 1.165) is 12.1 Å². The van der Waals surface area contributed by atoms with Crippen LogP contribution in [0.3, 0.4) is 0 Å². The van der Waals surface area contributed by atoms with Crippen LogP contribution < -0.4 is 4.74 Å². The Balaban J connectivity index is 2.00. The Hall–Kier alpha value is -1.76. The average Bonchev–Trinajstić information content (AvgIpc) is 2.85. The van der Waals surface area contributed by atoms with E-state index in [1.54, 1.807) is 13.1 Å². The molecule has 1 aliphatic heterocycles. The molecular formula is C15H20F3N3O. The normalized spacial score (nSPS) is 15.9. The zero-order valence-corrected chi connectivity index (χ0v) is 12.9. The molecule has 0 bridgehead atoms. The second kappa shape index (κ2) is 6.56. The molecule has 22 heavy (non-hydrogen) atoms. The van der Waals surface area contributed by atoms with E-state index in [1.807, 2.05) is 12.3 Å². The number of ether oxygens (including phenoxy) is 1. The molecule has 1 aromatic rings. The molecule has 122 valence electrons. The summed E-state index contributed by atoms with van der Waals surface area (Å²) in [5.41, 5.74) is 1.54. The fourth-order valence-corrected chi connectivity index (χ4v) is 2.33. The molecule has 2 rings (SSSR count). The SMILES string of the molecule is Cc1cc(CN2CC=CN2C(C)C)cnc1OCC(F)(F)F. The van der Waals surface area contributed by atoms with Gasteiger partial charge in [0, 0.05) is 37.1 Å². The highest BCUT2D eigenvalue weighted by Crippen LogP contribution is 2.22. The molecule has 0 saturated heterocycles. The maximum Gasteiger partial charge on any atom is 0.422 e. The summed E-state index contributed by atoms with van der Waals surface area (Å²) in [5.74, 6) is 0.0290. The predicted octanol–water partition coefficient (Wildman–Crippen LogP) is 3.29. The summed E-state index contributed by atoms with van der Waals surface area (Å²) >= 11 is 0. The van der Waals surface area contributed by atoms with Gasteiger partial charge in [-0.1, -0.05) is 6.08 Å². The number of hydrogen-bond acceptors (Lipinski definition) is 4. The molecule has 0 unspecified atom stereocenters. The standard InChI is InChI=1S/C15H20F3N3O/c1-11(2)21-6-4-5-20(21)9-13-7-12(3)14(19-8-13)22-10-15(16,17)18/h4,6-8,11H,5,9-10H2,1-3H3. The Morgan fingerprint density at radius 2 is 2.09 bits per heavy atom. The monoisotopic (exact) mass is 315 g/mol. The number of hydrogen-bond donors (Lipinski definition) is 0. The number of halogens is 3. The van der Waals surface area contributed by atoms with Gasteiger partial charge in [0.15, 0.2) is 6.61 Å². The number of rotatable bonds is 5. The Morgan fingerprint density at radius 1 is 1.36 bits per heavy atom. The highest BCUT2D eigenvalue weighted by Gasteiger charge is 2.29. The highest BCUT2D eigenvalue weighted by molar-refractivity contribution is 5.28. The lowest BCUT2D eigenvalue weighted by atomic mass is 10.2. The fraction of sp³-hybridized carbons (Fsp3) is 0.533. The third-order valence-corrected chi connectivity index (χ3v) is 3.25. The first kappa shape index (κ1) is 16.6. The van der Waals surface area contributed by atoms with Crippen LogP contribution in [0, 0.1) is 6.92 Å². The molecule has 0 atom stereocenters. The second-order valence-electron chi connectivity index (χ2n) is 5.58. The van der Waals surface area contributed by atoms with E-state index < -0.39 is 12.8 Å². The Labute approximate surface area is 128 Å². The van der Waals surface area contributed by atoms with E-state index in [4.69, 9.17) is 4.74 Å². The fourth-order valence-electron chi connectivity index (χ4n) is 2.33. The van der Waals surface area contributed by atoms with Crippen LogP contribution in [-0.4, -0.2) is 40.4 Å². The van der Waals surface area contributed by atoms with Crippen molar-refractivity contribution >= 4 is 0 Å². The smallest absolute Gasteiger partial charge is 0.422 e. The van der Waals surface area contributed by atoms with Crippen molar-refractivity contribution in [2.75, 3.05) is 13.2 Å². The van der Waals surface area contributed by atoms with Crippen molar-refractivity contribution in [3.63, 3.8) is 0 Å². The summed E-state index contributed by atoms with van der Waals surface area (Å²) in [4.78, 5) is 4.01. The zero-order chi connectivity index (χ0) is 16.3. The second-order valence-corrected chi connectivity index (χ2v) is 5.58. The quantitative estimate of drug-likeness (QED) is 0.834. The van der Waals surface area contributed by atoms with Crippen LogP contribution in [-0.2, 0) is 6.54 Å². The lowest BCUT2D eigenvalue weighted by molar-refractivity contribution is -0.154. The minimum atomic E-state index is -4.36. The van der Waals surface area contributed by atoms with Gasteiger partial charge in [-0.3, -0.25) is 0 Å². The van der Waals surface area contributed by atoms with Crippen LogP contribution in [0.15, 0.2) is 24.5 Å². The maximum absolute atomic E-state index is 12.2. The molecule has 0 saturated carbocycles. The van der Waals surface area contributed by atoms with E-state index in [0.29, 0.717) is 18.2 Å². The Morgan fingerprint density at radius 3 is 2.68 bits per heavy atom. The molecular weight excluding hydrogens is 295 g/mol. The van der Waals surface area contributed by atoms with Crippen molar-refractivity contribution in [3.05, 3.63) is 35.7 Å². The van der Waals surface area contributed by atoms with Crippen LogP contribution in [0.1, 0.15) is 25.0 Å². The van der Waals surface area contributed by atoms with Crippen LogP contribution in [0.5, 0.6) is 5.88 Å². The predicted molar refractivity (Wildman–Crippen MR) is 77.0 cm³/mol. The lowest BCUT2D eigenvalue weighted by Gasteiger charge is -2.32. The van der Waals surface area contributed by atoms with Gasteiger partial charge in [0.25, 0.3) is 0 Å². The molecule has 1 aliphatic rings. The van der Waals surface area contributed by atoms with Crippen LogP contribution in [0.4, 0.5) is 13.2 Å². The summed E-state index contributed by atoms with van der Waals surface area (Å²) in [5, 5.41) is 4.28. The topological polar surface area (TPSA) is 28.6 Å². The van der Waals surface area contributed by atoms with Gasteiger partial charge in [-0.2, -0.15) is 13.2 Å². The third-order valence-electron chi connectivity index (χ3n) is 3.25. The Kier molecular flexibility index (Phi) is 4.95. The van der Waals surface area contributed by atoms with Gasteiger partial charge in [-0.25, -0.2) is 9.99 Å². The van der Waals surface area contributed by atoms with Crippen molar-refractivity contribution in [1.29, 1.82) is 0 Å². The van der Waals surface area contributed by atoms with E-state index in [2.05, 4.69) is 34.9 Å². The van der Waals surface area contributed by atoms with E-state index in [1.165, 1.54) is 0 Å². The molecule has 0 N–H and O–H groups in total. The summed E-state index contributed by atoms with van der Waals surface area (Å²) in [6.07, 6.45) is 1.31. The van der Waals surface area contributed by atoms with Crippen molar-refractivity contribution in [2.45, 2.75) is 39.5 Å². The molecule has 0 spiro atoms. The van der Waals surface area contributed by atoms with Gasteiger partial charge in [-0.15, -0.1) is 0 Å². The van der Waals surface area contributed by atoms with Crippen LogP contribution in [0.2, 0.25) is 0 Å². The van der Waals surface area contributed by atoms with Gasteiger partial charge in [-0.05, 0) is 32.4 Å². The largest absolute Gasteiger partial charge is 0.468 e. The lowest BCUT2D eigenvalue weighted by Crippen LogP contribution is -2.39. The van der Waals surface area contributed by atoms with Crippen molar-refractivity contribution in [2.24, 2.45) is 0 Å². The third kappa shape index (κ3) is 4.37. The van der Waals surface area contributed by atoms with Crippen molar-refractivity contribution in [1.82, 2.24) is 15.0 Å². The molecule has 0 radical (unpaired) electrons. The van der Waals surface area contributed by atoms with Gasteiger partial charge >= 0.3 is 6.18 Å². The first-order chi connectivity index (χ1) is 10.3. The number of alkyl halides is 3. The molecule has 7 heteroatoms. The van der Waals surface area contributed by atoms with E-state index >= 15 is 0 Å². The maximum atomic E-state index is 12.2. The van der Waals surface area contributed by atoms with E-state index in [-0.39, 0.29) is 5.88 Å². The Bertz CT molecular complexity index is 543. The summed E-state index contributed by atoms with van der Waals surface area (Å²) < 4.78 is 41.2. The average molecular weight is 315 g/mol. The first-order valence-corrected chi connectivity index (χ1v) is 7.11. The number of pyridine rings is 1. The number of aromatic nitrogens is 1. The van der Waals surface area contributed by atoms with Gasteiger partial charge in [0.1, 0.15) is 0 Å². The molecule has 0 aromatic carbocycles. The van der Waals surface area contributed by atoms with Crippen molar-refractivity contribution < 1.29 is 17.9 Å². The van der Waals surface area contributed by atoms with Crippen LogP contribution in [0.25, 0.3) is 0 Å². The summed E-state index contributed by atoms with van der Waals surface area (Å²) in [6, 6.07) is 2.16. The summed E-state index contributed by atoms with van der Waals surface area (Å²) in [6.45, 7) is 6.03. The minimum absolute atomic E-state index is 0.0290. The minimum Gasteiger partial charge on any atom is -0.468 e. The number of aryl methyl sites for hydroxylation is 1. The first-order valence-electron chi connectivity index (χ1n) is 7.11. The van der Waals surface area contributed by atoms with Crippen molar-refractivity contribution in [3.8, 4) is 5.88 Å². The zero-order valence-electron chi connectivity index (χ0n) is 12.9. The van der Waals surface area contributed by atoms with Crippen LogP contribution >= 0.6 is 0 Å². The number of nitrogens with zero attached hydrogens (tertiary/aromatic N) is 3. The van der Waals surface area contributed by atoms with Gasteiger partial charge < -0.3 is 9.75 Å². The molecule has 0 amide bonds.